The number of carboxylic acids is 1. The van der Waals surface area contributed by atoms with Crippen molar-refractivity contribution in [3.05, 3.63) is 70.3 Å². The number of fused-ring (bicyclic) bond motifs is 2. The van der Waals surface area contributed by atoms with Crippen LogP contribution in [0, 0.1) is 0 Å². The number of carbonyl (C=O) groups excluding carboxylic acids is 1. The molecule has 8 heteroatoms. The Morgan fingerprint density at radius 3 is 2.69 bits per heavy atom. The summed E-state index contributed by atoms with van der Waals surface area (Å²) in [5.41, 5.74) is 1.59. The molecule has 1 aromatic carbocycles. The molecular weight excluding hydrogens is 336 g/mol. The van der Waals surface area contributed by atoms with Crippen molar-refractivity contribution in [2.75, 3.05) is 6.54 Å². The zero-order valence-corrected chi connectivity index (χ0v) is 13.8. The standard InChI is InChI=1S/C18H16N4O4/c23-16(11-22-18(26)21-8-4-3-7-15(21)19-22)20-9-12-5-1-2-6-13(12)14(10-20)17(24)25/h1-8,14H,9-11H2,(H,24,25). The van der Waals surface area contributed by atoms with Gasteiger partial charge in [-0.05, 0) is 23.3 Å². The van der Waals surface area contributed by atoms with Crippen LogP contribution in [0.5, 0.6) is 0 Å². The Morgan fingerprint density at radius 1 is 1.15 bits per heavy atom. The van der Waals surface area contributed by atoms with E-state index in [1.165, 1.54) is 9.30 Å². The summed E-state index contributed by atoms with van der Waals surface area (Å²) in [5.74, 6) is -2.09. The lowest BCUT2D eigenvalue weighted by molar-refractivity contribution is -0.141. The van der Waals surface area contributed by atoms with Gasteiger partial charge in [0.15, 0.2) is 5.65 Å². The van der Waals surface area contributed by atoms with Gasteiger partial charge < -0.3 is 10.0 Å². The Morgan fingerprint density at radius 2 is 1.92 bits per heavy atom. The molecule has 132 valence electrons. The van der Waals surface area contributed by atoms with E-state index in [-0.39, 0.29) is 19.0 Å². The molecule has 1 aliphatic heterocycles. The quantitative estimate of drug-likeness (QED) is 0.749. The van der Waals surface area contributed by atoms with Gasteiger partial charge >= 0.3 is 11.7 Å². The van der Waals surface area contributed by atoms with E-state index in [1.807, 2.05) is 12.1 Å². The smallest absolute Gasteiger partial charge is 0.350 e. The van der Waals surface area contributed by atoms with Gasteiger partial charge in [-0.2, -0.15) is 0 Å². The molecule has 0 aliphatic carbocycles. The van der Waals surface area contributed by atoms with E-state index in [4.69, 9.17) is 0 Å². The third-order valence-electron chi connectivity index (χ3n) is 4.62. The van der Waals surface area contributed by atoms with E-state index in [9.17, 15) is 19.5 Å². The molecular formula is C18H16N4O4. The molecule has 2 aromatic heterocycles. The number of carboxylic acid groups (broad SMARTS) is 1. The van der Waals surface area contributed by atoms with Gasteiger partial charge in [0.25, 0.3) is 0 Å². The fraction of sp³-hybridized carbons (Fsp3) is 0.222. The van der Waals surface area contributed by atoms with Gasteiger partial charge in [-0.3, -0.25) is 14.0 Å². The average molecular weight is 352 g/mol. The maximum absolute atomic E-state index is 12.7. The number of nitrogens with zero attached hydrogens (tertiary/aromatic N) is 4. The predicted octanol–water partition coefficient (Wildman–Crippen LogP) is 0.707. The first-order chi connectivity index (χ1) is 12.5. The van der Waals surface area contributed by atoms with Crippen molar-refractivity contribution in [1.82, 2.24) is 19.1 Å². The summed E-state index contributed by atoms with van der Waals surface area (Å²) in [4.78, 5) is 38.1. The molecule has 4 rings (SSSR count). The summed E-state index contributed by atoms with van der Waals surface area (Å²) in [6.45, 7) is 0.170. The zero-order valence-electron chi connectivity index (χ0n) is 13.8. The molecule has 1 atom stereocenters. The van der Waals surface area contributed by atoms with Gasteiger partial charge in [-0.1, -0.05) is 30.3 Å². The molecule has 26 heavy (non-hydrogen) atoms. The highest BCUT2D eigenvalue weighted by Crippen LogP contribution is 2.28. The molecule has 0 radical (unpaired) electrons. The average Bonchev–Trinajstić information content (AvgIpc) is 2.96. The number of rotatable bonds is 3. The fourth-order valence-electron chi connectivity index (χ4n) is 3.31. The van der Waals surface area contributed by atoms with Gasteiger partial charge in [0.2, 0.25) is 5.91 Å². The van der Waals surface area contributed by atoms with Gasteiger partial charge in [0.1, 0.15) is 6.54 Å². The lowest BCUT2D eigenvalue weighted by Gasteiger charge is -2.32. The molecule has 0 fully saturated rings. The van der Waals surface area contributed by atoms with E-state index in [2.05, 4.69) is 5.10 Å². The second kappa shape index (κ2) is 6.14. The molecule has 1 unspecified atom stereocenters. The summed E-state index contributed by atoms with van der Waals surface area (Å²) < 4.78 is 2.47. The van der Waals surface area contributed by atoms with Crippen molar-refractivity contribution in [2.24, 2.45) is 0 Å². The van der Waals surface area contributed by atoms with E-state index >= 15 is 0 Å². The van der Waals surface area contributed by atoms with Gasteiger partial charge in [-0.15, -0.1) is 5.10 Å². The Labute approximate surface area is 147 Å². The van der Waals surface area contributed by atoms with E-state index in [0.717, 1.165) is 15.8 Å². The first kappa shape index (κ1) is 16.1. The SMILES string of the molecule is O=C(O)C1CN(C(=O)Cn2nc3ccccn3c2=O)Cc2ccccc21. The molecule has 1 amide bonds. The molecule has 8 nitrogen and oxygen atoms in total. The lowest BCUT2D eigenvalue weighted by Crippen LogP contribution is -2.43. The largest absolute Gasteiger partial charge is 0.481 e. The molecule has 0 bridgehead atoms. The number of hydrogen-bond donors (Lipinski definition) is 1. The maximum Gasteiger partial charge on any atom is 0.350 e. The van der Waals surface area contributed by atoms with Gasteiger partial charge in [0, 0.05) is 19.3 Å². The zero-order chi connectivity index (χ0) is 18.3. The minimum atomic E-state index is -0.972. The number of benzene rings is 1. The predicted molar refractivity (Wildman–Crippen MR) is 91.7 cm³/mol. The summed E-state index contributed by atoms with van der Waals surface area (Å²) >= 11 is 0. The number of aromatic nitrogens is 3. The molecule has 0 saturated carbocycles. The molecule has 1 N–H and O–H groups in total. The van der Waals surface area contributed by atoms with E-state index < -0.39 is 17.6 Å². The van der Waals surface area contributed by atoms with Crippen LogP contribution in [0.3, 0.4) is 0 Å². The summed E-state index contributed by atoms with van der Waals surface area (Å²) in [7, 11) is 0. The Hall–Kier alpha value is -3.42. The summed E-state index contributed by atoms with van der Waals surface area (Å²) in [6, 6.07) is 12.4. The Bertz CT molecular complexity index is 1070. The minimum Gasteiger partial charge on any atom is -0.481 e. The van der Waals surface area contributed by atoms with Crippen LogP contribution in [-0.4, -0.2) is 42.6 Å². The topological polar surface area (TPSA) is 96.9 Å². The lowest BCUT2D eigenvalue weighted by atomic mass is 9.90. The summed E-state index contributed by atoms with van der Waals surface area (Å²) in [6.07, 6.45) is 1.59. The van der Waals surface area contributed by atoms with E-state index in [1.54, 1.807) is 36.5 Å². The van der Waals surface area contributed by atoms with Crippen molar-refractivity contribution in [2.45, 2.75) is 19.0 Å². The number of carbonyl (C=O) groups is 2. The van der Waals surface area contributed by atoms with Crippen molar-refractivity contribution in [3.8, 4) is 0 Å². The highest BCUT2D eigenvalue weighted by Gasteiger charge is 2.32. The van der Waals surface area contributed by atoms with Crippen LogP contribution in [-0.2, 0) is 22.7 Å². The Kier molecular flexibility index (Phi) is 3.80. The maximum atomic E-state index is 12.7. The molecule has 1 aliphatic rings. The van der Waals surface area contributed by atoms with Crippen LogP contribution in [0.4, 0.5) is 0 Å². The van der Waals surface area contributed by atoms with Crippen molar-refractivity contribution in [1.29, 1.82) is 0 Å². The Balaban J connectivity index is 1.61. The van der Waals surface area contributed by atoms with Crippen LogP contribution in [0.15, 0.2) is 53.5 Å². The van der Waals surface area contributed by atoms with E-state index in [0.29, 0.717) is 12.2 Å². The highest BCUT2D eigenvalue weighted by atomic mass is 16.4. The van der Waals surface area contributed by atoms with Crippen molar-refractivity contribution < 1.29 is 14.7 Å². The van der Waals surface area contributed by atoms with Crippen LogP contribution in [0.2, 0.25) is 0 Å². The second-order valence-electron chi connectivity index (χ2n) is 6.23. The van der Waals surface area contributed by atoms with Crippen LogP contribution < -0.4 is 5.69 Å². The third kappa shape index (κ3) is 2.65. The first-order valence-electron chi connectivity index (χ1n) is 8.17. The van der Waals surface area contributed by atoms with Crippen molar-refractivity contribution >= 4 is 17.5 Å². The highest BCUT2D eigenvalue weighted by molar-refractivity contribution is 5.81. The van der Waals surface area contributed by atoms with Crippen molar-refractivity contribution in [3.63, 3.8) is 0 Å². The van der Waals surface area contributed by atoms with Gasteiger partial charge in [-0.25, -0.2) is 9.48 Å². The number of aliphatic carboxylic acids is 1. The minimum absolute atomic E-state index is 0.0767. The summed E-state index contributed by atoms with van der Waals surface area (Å²) in [5, 5.41) is 13.7. The third-order valence-corrected chi connectivity index (χ3v) is 4.62. The van der Waals surface area contributed by atoms with Crippen LogP contribution in [0.1, 0.15) is 17.0 Å². The van der Waals surface area contributed by atoms with Crippen LogP contribution >= 0.6 is 0 Å². The molecule has 3 aromatic rings. The molecule has 0 spiro atoms. The second-order valence-corrected chi connectivity index (χ2v) is 6.23. The van der Waals surface area contributed by atoms with Crippen LogP contribution in [0.25, 0.3) is 5.65 Å². The number of pyridine rings is 1. The molecule has 3 heterocycles. The van der Waals surface area contributed by atoms with Gasteiger partial charge in [0.05, 0.1) is 5.92 Å². The molecule has 0 saturated heterocycles. The normalized spacial score (nSPS) is 16.5. The number of hydrogen-bond acceptors (Lipinski definition) is 4. The number of amides is 1. The monoisotopic (exact) mass is 352 g/mol. The first-order valence-corrected chi connectivity index (χ1v) is 8.17. The fourth-order valence-corrected chi connectivity index (χ4v) is 3.31.